The Morgan fingerprint density at radius 1 is 1.14 bits per heavy atom. The van der Waals surface area contributed by atoms with Crippen molar-refractivity contribution in [2.45, 2.75) is 39.0 Å². The highest BCUT2D eigenvalue weighted by atomic mass is 16.5. The molecule has 8 nitrogen and oxygen atoms in total. The van der Waals surface area contributed by atoms with Gasteiger partial charge in [0.25, 0.3) is 0 Å². The van der Waals surface area contributed by atoms with Gasteiger partial charge in [0.15, 0.2) is 11.6 Å². The molecule has 0 amide bonds. The maximum Gasteiger partial charge on any atom is 0.223 e. The van der Waals surface area contributed by atoms with E-state index in [2.05, 4.69) is 28.1 Å². The van der Waals surface area contributed by atoms with Gasteiger partial charge in [-0.2, -0.15) is 10.2 Å². The van der Waals surface area contributed by atoms with Gasteiger partial charge in [-0.25, -0.2) is 9.97 Å². The minimum Gasteiger partial charge on any atom is -0.339 e. The summed E-state index contributed by atoms with van der Waals surface area (Å²) in [5.41, 5.74) is 3.63. The molecule has 0 saturated carbocycles. The van der Waals surface area contributed by atoms with Crippen molar-refractivity contribution in [2.75, 3.05) is 0 Å². The van der Waals surface area contributed by atoms with Crippen LogP contribution in [0.1, 0.15) is 37.4 Å². The number of rotatable bonds is 2. The molecule has 0 aliphatic heterocycles. The molecular weight excluding hydrogens is 440 g/mol. The van der Waals surface area contributed by atoms with Crippen molar-refractivity contribution >= 4 is 16.7 Å². The molecule has 3 aromatic heterocycles. The molecule has 0 saturated heterocycles. The SMILES string of the molecule is Cc1nc(-c2nc(-c3ccnc4ccccc34)nc3c2CC[C@@H]2[C@@H](C)C(=O)C(C#N)=C[C@@]32C)no1. The van der Waals surface area contributed by atoms with Gasteiger partial charge in [-0.1, -0.05) is 43.3 Å². The summed E-state index contributed by atoms with van der Waals surface area (Å²) in [6.45, 7) is 5.74. The Labute approximate surface area is 201 Å². The van der Waals surface area contributed by atoms with Crippen molar-refractivity contribution < 1.29 is 9.32 Å². The summed E-state index contributed by atoms with van der Waals surface area (Å²) >= 11 is 0. The normalized spacial score (nSPS) is 23.4. The van der Waals surface area contributed by atoms with Crippen LogP contribution in [0.4, 0.5) is 0 Å². The van der Waals surface area contributed by atoms with Gasteiger partial charge in [0.05, 0.1) is 16.8 Å². The smallest absolute Gasteiger partial charge is 0.223 e. The van der Waals surface area contributed by atoms with Gasteiger partial charge >= 0.3 is 0 Å². The zero-order chi connectivity index (χ0) is 24.3. The number of ketones is 1. The highest BCUT2D eigenvalue weighted by molar-refractivity contribution is 6.02. The highest BCUT2D eigenvalue weighted by Gasteiger charge is 2.50. The Morgan fingerprint density at radius 2 is 1.97 bits per heavy atom. The lowest BCUT2D eigenvalue weighted by Crippen LogP contribution is -2.46. The van der Waals surface area contributed by atoms with Crippen molar-refractivity contribution in [1.29, 1.82) is 5.26 Å². The lowest BCUT2D eigenvalue weighted by atomic mass is 9.57. The quantitative estimate of drug-likeness (QED) is 0.426. The number of hydrogen-bond donors (Lipinski definition) is 0. The minimum absolute atomic E-state index is 0.0244. The van der Waals surface area contributed by atoms with Crippen LogP contribution in [-0.4, -0.2) is 30.9 Å². The van der Waals surface area contributed by atoms with E-state index < -0.39 is 5.41 Å². The van der Waals surface area contributed by atoms with E-state index in [4.69, 9.17) is 14.5 Å². The number of fused-ring (bicyclic) bond motifs is 4. The maximum absolute atomic E-state index is 12.8. The Bertz CT molecular complexity index is 1590. The van der Waals surface area contributed by atoms with Gasteiger partial charge in [0, 0.05) is 41.0 Å². The first-order valence-electron chi connectivity index (χ1n) is 11.6. The number of para-hydroxylation sites is 1. The summed E-state index contributed by atoms with van der Waals surface area (Å²) in [6, 6.07) is 11.9. The van der Waals surface area contributed by atoms with E-state index in [1.165, 1.54) is 0 Å². The molecule has 0 N–H and O–H groups in total. The molecular formula is C27H22N6O2. The van der Waals surface area contributed by atoms with E-state index in [-0.39, 0.29) is 23.2 Å². The predicted octanol–water partition coefficient (Wildman–Crippen LogP) is 4.54. The zero-order valence-corrected chi connectivity index (χ0v) is 19.6. The van der Waals surface area contributed by atoms with Gasteiger partial charge in [-0.3, -0.25) is 9.78 Å². The number of carbonyl (C=O) groups excluding carboxylic acids is 1. The number of allylic oxidation sites excluding steroid dienone is 2. The largest absolute Gasteiger partial charge is 0.339 e. The molecule has 1 aromatic carbocycles. The first-order chi connectivity index (χ1) is 16.9. The van der Waals surface area contributed by atoms with Crippen LogP contribution < -0.4 is 0 Å². The van der Waals surface area contributed by atoms with Crippen LogP contribution in [0.3, 0.4) is 0 Å². The van der Waals surface area contributed by atoms with E-state index in [0.717, 1.165) is 34.1 Å². The Hall–Kier alpha value is -4.25. The molecule has 3 heterocycles. The number of nitriles is 1. The number of carbonyl (C=O) groups is 1. The maximum atomic E-state index is 12.8. The van der Waals surface area contributed by atoms with Crippen molar-refractivity contribution in [3.8, 4) is 29.0 Å². The third-order valence-corrected chi connectivity index (χ3v) is 7.47. The van der Waals surface area contributed by atoms with E-state index in [0.29, 0.717) is 29.7 Å². The molecule has 2 aliphatic rings. The molecule has 4 aromatic rings. The first kappa shape index (κ1) is 21.3. The number of aryl methyl sites for hydroxylation is 1. The topological polar surface area (TPSA) is 118 Å². The van der Waals surface area contributed by atoms with Crippen LogP contribution in [-0.2, 0) is 16.6 Å². The van der Waals surface area contributed by atoms with Crippen LogP contribution in [0.2, 0.25) is 0 Å². The number of aromatic nitrogens is 5. The lowest BCUT2D eigenvalue weighted by molar-refractivity contribution is -0.121. The van der Waals surface area contributed by atoms with Gasteiger partial charge in [0.1, 0.15) is 11.8 Å². The molecule has 0 bridgehead atoms. The fourth-order valence-electron chi connectivity index (χ4n) is 5.76. The van der Waals surface area contributed by atoms with Crippen LogP contribution >= 0.6 is 0 Å². The summed E-state index contributed by atoms with van der Waals surface area (Å²) in [6.07, 6.45) is 5.02. The average Bonchev–Trinajstić information content (AvgIpc) is 3.31. The van der Waals surface area contributed by atoms with Crippen LogP contribution in [0.25, 0.3) is 33.8 Å². The van der Waals surface area contributed by atoms with Gasteiger partial charge < -0.3 is 4.52 Å². The van der Waals surface area contributed by atoms with E-state index in [1.54, 1.807) is 13.1 Å². The first-order valence-corrected chi connectivity index (χ1v) is 11.6. The van der Waals surface area contributed by atoms with Gasteiger partial charge in [-0.05, 0) is 30.9 Å². The van der Waals surface area contributed by atoms with Crippen molar-refractivity contribution in [3.05, 3.63) is 65.3 Å². The molecule has 6 rings (SSSR count). The van der Waals surface area contributed by atoms with Crippen molar-refractivity contribution in [1.82, 2.24) is 25.1 Å². The minimum atomic E-state index is -0.611. The van der Waals surface area contributed by atoms with Crippen LogP contribution in [0.5, 0.6) is 0 Å². The second-order valence-corrected chi connectivity index (χ2v) is 9.49. The number of nitrogens with zero attached hydrogens (tertiary/aromatic N) is 6. The molecule has 3 atom stereocenters. The molecule has 0 unspecified atom stereocenters. The lowest BCUT2D eigenvalue weighted by Gasteiger charge is -2.45. The molecule has 0 fully saturated rings. The molecule has 35 heavy (non-hydrogen) atoms. The predicted molar refractivity (Wildman–Crippen MR) is 128 cm³/mol. The van der Waals surface area contributed by atoms with Crippen molar-refractivity contribution in [2.24, 2.45) is 11.8 Å². The highest BCUT2D eigenvalue weighted by Crippen LogP contribution is 2.50. The molecule has 0 spiro atoms. The number of benzene rings is 1. The molecule has 8 heteroatoms. The zero-order valence-electron chi connectivity index (χ0n) is 19.6. The van der Waals surface area contributed by atoms with Crippen molar-refractivity contribution in [3.63, 3.8) is 0 Å². The second kappa shape index (κ2) is 7.64. The number of pyridine rings is 1. The molecule has 0 radical (unpaired) electrons. The summed E-state index contributed by atoms with van der Waals surface area (Å²) in [7, 11) is 0. The fraction of sp³-hybridized carbons (Fsp3) is 0.296. The third-order valence-electron chi connectivity index (χ3n) is 7.47. The van der Waals surface area contributed by atoms with E-state index in [9.17, 15) is 10.1 Å². The third kappa shape index (κ3) is 3.12. The Morgan fingerprint density at radius 3 is 2.74 bits per heavy atom. The monoisotopic (exact) mass is 462 g/mol. The number of Topliss-reactive ketones (excluding diaryl/α,β-unsaturated/α-hetero) is 1. The average molecular weight is 463 g/mol. The number of hydrogen-bond acceptors (Lipinski definition) is 8. The standard InChI is InChI=1S/C27H22N6O2/c1-14-20-9-8-19-22(26-30-15(2)35-33-26)31-25(18-10-11-29-21-7-5-4-6-17(18)21)32-24(19)27(20,3)12-16(13-28)23(14)34/h4-7,10-12,14,20H,8-9H2,1-3H3/t14-,20-,27-/m1/s1. The fourth-order valence-corrected chi connectivity index (χ4v) is 5.76. The Balaban J connectivity index is 1.68. The Kier molecular flexibility index (Phi) is 4.65. The van der Waals surface area contributed by atoms with Gasteiger partial charge in [0.2, 0.25) is 11.7 Å². The summed E-state index contributed by atoms with van der Waals surface area (Å²) < 4.78 is 5.29. The molecule has 172 valence electrons. The van der Waals surface area contributed by atoms with E-state index >= 15 is 0 Å². The summed E-state index contributed by atoms with van der Waals surface area (Å²) in [5, 5.41) is 14.8. The molecule has 2 aliphatic carbocycles. The summed E-state index contributed by atoms with van der Waals surface area (Å²) in [5.74, 6) is 1.04. The summed E-state index contributed by atoms with van der Waals surface area (Å²) in [4.78, 5) is 31.9. The second-order valence-electron chi connectivity index (χ2n) is 9.49. The van der Waals surface area contributed by atoms with E-state index in [1.807, 2.05) is 43.3 Å². The van der Waals surface area contributed by atoms with Crippen LogP contribution in [0.15, 0.2) is 52.7 Å². The van der Waals surface area contributed by atoms with Gasteiger partial charge in [-0.15, -0.1) is 0 Å². The van der Waals surface area contributed by atoms with Crippen LogP contribution in [0, 0.1) is 30.1 Å².